The van der Waals surface area contributed by atoms with E-state index in [-0.39, 0.29) is 11.7 Å². The van der Waals surface area contributed by atoms with E-state index in [9.17, 15) is 9.90 Å². The van der Waals surface area contributed by atoms with E-state index in [0.29, 0.717) is 35.7 Å². The van der Waals surface area contributed by atoms with Crippen LogP contribution in [0.3, 0.4) is 0 Å². The summed E-state index contributed by atoms with van der Waals surface area (Å²) in [5.74, 6) is 0.799. The summed E-state index contributed by atoms with van der Waals surface area (Å²) in [6.07, 6.45) is 4.02. The highest BCUT2D eigenvalue weighted by Gasteiger charge is 2.14. The molecule has 0 saturated heterocycles. The summed E-state index contributed by atoms with van der Waals surface area (Å²) >= 11 is 3.48. The number of nitrogens with zero attached hydrogens (tertiary/aromatic N) is 5. The third kappa shape index (κ3) is 4.51. The Morgan fingerprint density at radius 3 is 2.81 bits per heavy atom. The molecule has 3 heterocycles. The van der Waals surface area contributed by atoms with Gasteiger partial charge in [-0.05, 0) is 46.6 Å². The van der Waals surface area contributed by atoms with Crippen molar-refractivity contribution in [2.75, 3.05) is 25.5 Å². The number of halogens is 1. The third-order valence-corrected chi connectivity index (χ3v) is 5.38. The molecule has 9 heteroatoms. The van der Waals surface area contributed by atoms with Crippen LogP contribution in [0.5, 0.6) is 5.75 Å². The number of benzene rings is 1. The Bertz CT molecular complexity index is 1210. The maximum Gasteiger partial charge on any atom is 0.272 e. The molecule has 158 valence electrons. The van der Waals surface area contributed by atoms with Crippen LogP contribution in [0.2, 0.25) is 0 Å². The van der Waals surface area contributed by atoms with E-state index in [1.165, 1.54) is 0 Å². The number of pyridine rings is 1. The standard InChI is InChI=1S/C22H21BrN6O2/c1-28(22(31)17-8-4-5-10-24-17)12-6-11-25-20-13-18(15-7-2-3-9-19(15)30)27-21-16(23)14-26-29(20)21/h2-5,7-10,13-14,25,30H,6,11-12H2,1H3. The zero-order valence-corrected chi connectivity index (χ0v) is 18.5. The Balaban J connectivity index is 1.47. The van der Waals surface area contributed by atoms with Crippen molar-refractivity contribution in [2.45, 2.75) is 6.42 Å². The van der Waals surface area contributed by atoms with Crippen molar-refractivity contribution in [3.8, 4) is 17.0 Å². The van der Waals surface area contributed by atoms with Crippen LogP contribution in [0, 0.1) is 0 Å². The predicted octanol–water partition coefficient (Wildman–Crippen LogP) is 3.83. The van der Waals surface area contributed by atoms with Gasteiger partial charge in [-0.2, -0.15) is 9.61 Å². The number of carbonyl (C=O) groups excluding carboxylic acids is 1. The monoisotopic (exact) mass is 480 g/mol. The first-order chi connectivity index (χ1) is 15.0. The van der Waals surface area contributed by atoms with Gasteiger partial charge in [0.15, 0.2) is 5.65 Å². The average Bonchev–Trinajstić information content (AvgIpc) is 3.17. The fourth-order valence-electron chi connectivity index (χ4n) is 3.21. The van der Waals surface area contributed by atoms with E-state index in [2.05, 4.69) is 36.3 Å². The van der Waals surface area contributed by atoms with Gasteiger partial charge in [0.25, 0.3) is 5.91 Å². The molecule has 4 rings (SSSR count). The zero-order valence-electron chi connectivity index (χ0n) is 16.9. The van der Waals surface area contributed by atoms with Gasteiger partial charge in [-0.15, -0.1) is 0 Å². The largest absolute Gasteiger partial charge is 0.507 e. The summed E-state index contributed by atoms with van der Waals surface area (Å²) in [4.78, 5) is 22.8. The minimum atomic E-state index is -0.107. The smallest absolute Gasteiger partial charge is 0.272 e. The number of phenolic OH excluding ortho intramolecular Hbond substituents is 1. The molecule has 1 amide bonds. The molecule has 0 unspecified atom stereocenters. The zero-order chi connectivity index (χ0) is 21.8. The van der Waals surface area contributed by atoms with Crippen LogP contribution in [0.1, 0.15) is 16.9 Å². The number of phenols is 1. The molecule has 0 fully saturated rings. The van der Waals surface area contributed by atoms with Crippen molar-refractivity contribution in [1.29, 1.82) is 0 Å². The lowest BCUT2D eigenvalue weighted by atomic mass is 10.1. The second-order valence-corrected chi connectivity index (χ2v) is 7.85. The van der Waals surface area contributed by atoms with Crippen LogP contribution in [0.4, 0.5) is 5.82 Å². The van der Waals surface area contributed by atoms with Gasteiger partial charge in [-0.1, -0.05) is 18.2 Å². The number of rotatable bonds is 7. The Morgan fingerprint density at radius 1 is 1.23 bits per heavy atom. The topological polar surface area (TPSA) is 95.6 Å². The van der Waals surface area contributed by atoms with Gasteiger partial charge >= 0.3 is 0 Å². The predicted molar refractivity (Wildman–Crippen MR) is 122 cm³/mol. The van der Waals surface area contributed by atoms with Crippen LogP contribution in [-0.4, -0.2) is 55.6 Å². The molecule has 0 spiro atoms. The molecule has 0 aliphatic rings. The molecule has 0 bridgehead atoms. The third-order valence-electron chi connectivity index (χ3n) is 4.82. The number of carbonyl (C=O) groups is 1. The molecule has 31 heavy (non-hydrogen) atoms. The van der Waals surface area contributed by atoms with Gasteiger partial charge in [0, 0.05) is 38.0 Å². The van der Waals surface area contributed by atoms with Crippen molar-refractivity contribution in [3.63, 3.8) is 0 Å². The molecule has 2 N–H and O–H groups in total. The van der Waals surface area contributed by atoms with Crippen molar-refractivity contribution >= 4 is 33.3 Å². The normalized spacial score (nSPS) is 10.9. The quantitative estimate of drug-likeness (QED) is 0.390. The number of fused-ring (bicyclic) bond motifs is 1. The lowest BCUT2D eigenvalue weighted by molar-refractivity contribution is 0.0789. The number of hydrogen-bond acceptors (Lipinski definition) is 6. The molecule has 3 aromatic heterocycles. The van der Waals surface area contributed by atoms with E-state index < -0.39 is 0 Å². The van der Waals surface area contributed by atoms with E-state index in [1.54, 1.807) is 59.2 Å². The lowest BCUT2D eigenvalue weighted by Gasteiger charge is -2.17. The fraction of sp³-hybridized carbons (Fsp3) is 0.182. The second-order valence-electron chi connectivity index (χ2n) is 6.99. The molecule has 0 saturated carbocycles. The minimum Gasteiger partial charge on any atom is -0.507 e. The number of anilines is 1. The number of hydrogen-bond donors (Lipinski definition) is 2. The van der Waals surface area contributed by atoms with Gasteiger partial charge in [-0.25, -0.2) is 4.98 Å². The lowest BCUT2D eigenvalue weighted by Crippen LogP contribution is -2.29. The SMILES string of the molecule is CN(CCCNc1cc(-c2ccccc2O)nc2c(Br)cnn12)C(=O)c1ccccn1. The summed E-state index contributed by atoms with van der Waals surface area (Å²) in [6, 6.07) is 14.2. The molecule has 0 aliphatic heterocycles. The number of nitrogens with one attached hydrogen (secondary N) is 1. The summed E-state index contributed by atoms with van der Waals surface area (Å²) in [5, 5.41) is 18.0. The van der Waals surface area contributed by atoms with Gasteiger partial charge in [0.2, 0.25) is 0 Å². The van der Waals surface area contributed by atoms with Crippen LogP contribution in [0.25, 0.3) is 16.9 Å². The Hall–Kier alpha value is -3.46. The van der Waals surface area contributed by atoms with Crippen LogP contribution in [-0.2, 0) is 0 Å². The maximum atomic E-state index is 12.4. The van der Waals surface area contributed by atoms with Crippen molar-refractivity contribution in [3.05, 3.63) is 71.1 Å². The first kappa shape index (κ1) is 20.8. The number of para-hydroxylation sites is 1. The highest BCUT2D eigenvalue weighted by atomic mass is 79.9. The maximum absolute atomic E-state index is 12.4. The van der Waals surface area contributed by atoms with E-state index in [1.807, 2.05) is 18.2 Å². The van der Waals surface area contributed by atoms with Crippen molar-refractivity contribution in [1.82, 2.24) is 24.5 Å². The van der Waals surface area contributed by atoms with Gasteiger partial charge in [0.1, 0.15) is 17.3 Å². The fourth-order valence-corrected chi connectivity index (χ4v) is 3.56. The second kappa shape index (κ2) is 9.13. The van der Waals surface area contributed by atoms with Crippen molar-refractivity contribution in [2.24, 2.45) is 0 Å². The molecule has 0 radical (unpaired) electrons. The number of aromatic nitrogens is 4. The first-order valence-corrected chi connectivity index (χ1v) is 10.6. The number of aromatic hydroxyl groups is 1. The first-order valence-electron chi connectivity index (χ1n) is 9.77. The number of amides is 1. The summed E-state index contributed by atoms with van der Waals surface area (Å²) < 4.78 is 2.46. The summed E-state index contributed by atoms with van der Waals surface area (Å²) in [5.41, 5.74) is 2.35. The Labute approximate surface area is 187 Å². The van der Waals surface area contributed by atoms with Crippen LogP contribution < -0.4 is 5.32 Å². The molecular weight excluding hydrogens is 460 g/mol. The molecule has 1 aromatic carbocycles. The van der Waals surface area contributed by atoms with Gasteiger partial charge in [-0.3, -0.25) is 9.78 Å². The molecular formula is C22H21BrN6O2. The molecule has 0 atom stereocenters. The van der Waals surface area contributed by atoms with E-state index in [0.717, 1.165) is 16.7 Å². The van der Waals surface area contributed by atoms with E-state index in [4.69, 9.17) is 0 Å². The van der Waals surface area contributed by atoms with Gasteiger partial charge in [0.05, 0.1) is 16.4 Å². The summed E-state index contributed by atoms with van der Waals surface area (Å²) in [6.45, 7) is 1.20. The van der Waals surface area contributed by atoms with Crippen LogP contribution in [0.15, 0.2) is 65.4 Å². The van der Waals surface area contributed by atoms with Gasteiger partial charge < -0.3 is 15.3 Å². The Morgan fingerprint density at radius 2 is 2.03 bits per heavy atom. The molecule has 4 aromatic rings. The average molecular weight is 481 g/mol. The Kier molecular flexibility index (Phi) is 6.13. The highest BCUT2D eigenvalue weighted by Crippen LogP contribution is 2.31. The van der Waals surface area contributed by atoms with Crippen LogP contribution >= 0.6 is 15.9 Å². The molecule has 0 aliphatic carbocycles. The minimum absolute atomic E-state index is 0.107. The molecule has 8 nitrogen and oxygen atoms in total. The summed E-state index contributed by atoms with van der Waals surface area (Å²) in [7, 11) is 1.77. The van der Waals surface area contributed by atoms with Crippen molar-refractivity contribution < 1.29 is 9.90 Å². The van der Waals surface area contributed by atoms with E-state index >= 15 is 0 Å². The highest BCUT2D eigenvalue weighted by molar-refractivity contribution is 9.10.